The van der Waals surface area contributed by atoms with Crippen LogP contribution in [-0.2, 0) is 4.79 Å². The number of aryl methyl sites for hydroxylation is 1. The maximum Gasteiger partial charge on any atom is 0.255 e. The van der Waals surface area contributed by atoms with Crippen LogP contribution in [0.1, 0.15) is 5.56 Å². The highest BCUT2D eigenvalue weighted by Crippen LogP contribution is 2.25. The van der Waals surface area contributed by atoms with Crippen molar-refractivity contribution in [3.05, 3.63) is 48.3 Å². The van der Waals surface area contributed by atoms with Crippen molar-refractivity contribution < 1.29 is 9.53 Å². The maximum atomic E-state index is 10.7. The second kappa shape index (κ2) is 5.31. The monoisotopic (exact) mass is 242 g/mol. The Balaban J connectivity index is 2.22. The molecule has 0 bridgehead atoms. The van der Waals surface area contributed by atoms with Gasteiger partial charge in [-0.3, -0.25) is 9.78 Å². The number of nitrogens with zero attached hydrogens (tertiary/aromatic N) is 1. The molecule has 1 aromatic heterocycles. The van der Waals surface area contributed by atoms with Crippen molar-refractivity contribution >= 4 is 5.91 Å². The van der Waals surface area contributed by atoms with Crippen LogP contribution in [0, 0.1) is 6.92 Å². The van der Waals surface area contributed by atoms with Gasteiger partial charge in [-0.25, -0.2) is 0 Å². The number of nitrogens with two attached hydrogens (primary N) is 1. The lowest BCUT2D eigenvalue weighted by atomic mass is 10.0. The number of hydrogen-bond acceptors (Lipinski definition) is 3. The summed E-state index contributed by atoms with van der Waals surface area (Å²) >= 11 is 0. The van der Waals surface area contributed by atoms with Crippen molar-refractivity contribution in [2.75, 3.05) is 6.61 Å². The van der Waals surface area contributed by atoms with Crippen molar-refractivity contribution in [2.24, 2.45) is 5.73 Å². The number of pyridine rings is 1. The molecule has 1 amide bonds. The Morgan fingerprint density at radius 2 is 1.94 bits per heavy atom. The molecule has 1 aromatic carbocycles. The number of amides is 1. The van der Waals surface area contributed by atoms with Gasteiger partial charge >= 0.3 is 0 Å². The lowest BCUT2D eigenvalue weighted by Gasteiger charge is -2.09. The predicted octanol–water partition coefficient (Wildman–Crippen LogP) is 1.92. The minimum atomic E-state index is -0.479. The number of carbonyl (C=O) groups is 1. The first-order valence-corrected chi connectivity index (χ1v) is 5.59. The molecule has 2 rings (SSSR count). The second-order valence-electron chi connectivity index (χ2n) is 3.97. The fraction of sp³-hybridized carbons (Fsp3) is 0.143. The molecule has 0 aliphatic heterocycles. The van der Waals surface area contributed by atoms with Crippen LogP contribution in [0.2, 0.25) is 0 Å². The molecule has 4 nitrogen and oxygen atoms in total. The molecule has 0 aliphatic carbocycles. The first-order valence-electron chi connectivity index (χ1n) is 5.59. The normalized spacial score (nSPS) is 10.1. The lowest BCUT2D eigenvalue weighted by molar-refractivity contribution is -0.119. The summed E-state index contributed by atoms with van der Waals surface area (Å²) < 4.78 is 5.30. The number of primary amides is 1. The molecule has 92 valence electrons. The first-order chi connectivity index (χ1) is 8.66. The summed E-state index contributed by atoms with van der Waals surface area (Å²) in [6.07, 6.45) is 3.50. The van der Waals surface area contributed by atoms with Crippen molar-refractivity contribution in [3.63, 3.8) is 0 Å². The van der Waals surface area contributed by atoms with Gasteiger partial charge in [-0.1, -0.05) is 6.07 Å². The van der Waals surface area contributed by atoms with Gasteiger partial charge in [0, 0.05) is 12.4 Å². The van der Waals surface area contributed by atoms with Gasteiger partial charge in [-0.05, 0) is 47.9 Å². The molecule has 0 radical (unpaired) electrons. The number of hydrogen-bond donors (Lipinski definition) is 1. The highest BCUT2D eigenvalue weighted by atomic mass is 16.5. The van der Waals surface area contributed by atoms with Crippen LogP contribution in [0.15, 0.2) is 42.7 Å². The van der Waals surface area contributed by atoms with Gasteiger partial charge in [0.05, 0.1) is 0 Å². The third kappa shape index (κ3) is 2.85. The summed E-state index contributed by atoms with van der Waals surface area (Å²) in [4.78, 5) is 14.6. The fourth-order valence-corrected chi connectivity index (χ4v) is 1.68. The quantitative estimate of drug-likeness (QED) is 0.890. The predicted molar refractivity (Wildman–Crippen MR) is 69.1 cm³/mol. The molecule has 4 heteroatoms. The number of aromatic nitrogens is 1. The van der Waals surface area contributed by atoms with Gasteiger partial charge in [0.25, 0.3) is 5.91 Å². The van der Waals surface area contributed by atoms with E-state index in [2.05, 4.69) is 4.98 Å². The van der Waals surface area contributed by atoms with E-state index in [1.165, 1.54) is 0 Å². The van der Waals surface area contributed by atoms with Gasteiger partial charge in [-0.2, -0.15) is 0 Å². The van der Waals surface area contributed by atoms with Crippen molar-refractivity contribution in [1.82, 2.24) is 4.98 Å². The van der Waals surface area contributed by atoms with E-state index in [4.69, 9.17) is 10.5 Å². The summed E-state index contributed by atoms with van der Waals surface area (Å²) in [6.45, 7) is 1.83. The standard InChI is InChI=1S/C14H14N2O2/c1-10-8-12(11-4-6-16-7-5-11)2-3-13(10)18-9-14(15)17/h2-8H,9H2,1H3,(H2,15,17). The Morgan fingerprint density at radius 3 is 2.56 bits per heavy atom. The van der Waals surface area contributed by atoms with E-state index in [9.17, 15) is 4.79 Å². The van der Waals surface area contributed by atoms with Gasteiger partial charge in [0.15, 0.2) is 6.61 Å². The molecule has 2 aromatic rings. The van der Waals surface area contributed by atoms with Crippen LogP contribution < -0.4 is 10.5 Å². The highest BCUT2D eigenvalue weighted by molar-refractivity contribution is 5.75. The van der Waals surface area contributed by atoms with E-state index in [1.807, 2.05) is 37.3 Å². The molecule has 18 heavy (non-hydrogen) atoms. The van der Waals surface area contributed by atoms with E-state index in [0.29, 0.717) is 5.75 Å². The van der Waals surface area contributed by atoms with E-state index in [1.54, 1.807) is 12.4 Å². The Labute approximate surface area is 105 Å². The number of carbonyl (C=O) groups excluding carboxylic acids is 1. The summed E-state index contributed by atoms with van der Waals surface area (Å²) in [5, 5.41) is 0. The molecule has 0 aliphatic rings. The Kier molecular flexibility index (Phi) is 3.57. The molecule has 2 N–H and O–H groups in total. The van der Waals surface area contributed by atoms with Crippen LogP contribution in [0.4, 0.5) is 0 Å². The highest BCUT2D eigenvalue weighted by Gasteiger charge is 2.04. The average molecular weight is 242 g/mol. The zero-order chi connectivity index (χ0) is 13.0. The Morgan fingerprint density at radius 1 is 1.22 bits per heavy atom. The van der Waals surface area contributed by atoms with Gasteiger partial charge in [0.2, 0.25) is 0 Å². The number of benzene rings is 1. The minimum absolute atomic E-state index is 0.102. The van der Waals surface area contributed by atoms with Gasteiger partial charge in [-0.15, -0.1) is 0 Å². The molecule has 0 unspecified atom stereocenters. The lowest BCUT2D eigenvalue weighted by Crippen LogP contribution is -2.20. The third-order valence-electron chi connectivity index (χ3n) is 2.56. The average Bonchev–Trinajstić information content (AvgIpc) is 2.38. The zero-order valence-corrected chi connectivity index (χ0v) is 10.1. The molecular weight excluding hydrogens is 228 g/mol. The molecule has 1 heterocycles. The summed E-state index contributed by atoms with van der Waals surface area (Å²) in [6, 6.07) is 9.68. The third-order valence-corrected chi connectivity index (χ3v) is 2.56. The molecule has 0 atom stereocenters. The number of rotatable bonds is 4. The fourth-order valence-electron chi connectivity index (χ4n) is 1.68. The zero-order valence-electron chi connectivity index (χ0n) is 10.1. The van der Waals surface area contributed by atoms with Crippen LogP contribution in [0.3, 0.4) is 0 Å². The van der Waals surface area contributed by atoms with E-state index in [-0.39, 0.29) is 6.61 Å². The van der Waals surface area contributed by atoms with Gasteiger partial charge in [0.1, 0.15) is 5.75 Å². The van der Waals surface area contributed by atoms with Gasteiger partial charge < -0.3 is 10.5 Å². The maximum absolute atomic E-state index is 10.7. The van der Waals surface area contributed by atoms with Crippen molar-refractivity contribution in [3.8, 4) is 16.9 Å². The molecule has 0 spiro atoms. The summed E-state index contributed by atoms with van der Waals surface area (Å²) in [5.74, 6) is 0.194. The van der Waals surface area contributed by atoms with Crippen LogP contribution in [-0.4, -0.2) is 17.5 Å². The van der Waals surface area contributed by atoms with E-state index >= 15 is 0 Å². The molecule has 0 saturated heterocycles. The van der Waals surface area contributed by atoms with E-state index < -0.39 is 5.91 Å². The Bertz CT molecular complexity index is 553. The summed E-state index contributed by atoms with van der Waals surface area (Å²) in [7, 11) is 0. The second-order valence-corrected chi connectivity index (χ2v) is 3.97. The summed E-state index contributed by atoms with van der Waals surface area (Å²) in [5.41, 5.74) is 8.18. The molecular formula is C14H14N2O2. The minimum Gasteiger partial charge on any atom is -0.484 e. The smallest absolute Gasteiger partial charge is 0.255 e. The SMILES string of the molecule is Cc1cc(-c2ccncc2)ccc1OCC(N)=O. The molecule has 0 fully saturated rings. The number of ether oxygens (including phenoxy) is 1. The largest absolute Gasteiger partial charge is 0.484 e. The van der Waals surface area contributed by atoms with Crippen molar-refractivity contribution in [2.45, 2.75) is 6.92 Å². The van der Waals surface area contributed by atoms with Crippen LogP contribution >= 0.6 is 0 Å². The van der Waals surface area contributed by atoms with Crippen LogP contribution in [0.5, 0.6) is 5.75 Å². The topological polar surface area (TPSA) is 65.2 Å². The first kappa shape index (κ1) is 12.1. The van der Waals surface area contributed by atoms with Crippen LogP contribution in [0.25, 0.3) is 11.1 Å². The van der Waals surface area contributed by atoms with E-state index in [0.717, 1.165) is 16.7 Å². The Hall–Kier alpha value is -2.36. The van der Waals surface area contributed by atoms with Crippen molar-refractivity contribution in [1.29, 1.82) is 0 Å². The molecule has 0 saturated carbocycles.